The van der Waals surface area contributed by atoms with Crippen molar-refractivity contribution in [3.63, 3.8) is 0 Å². The Balaban J connectivity index is 1.83. The molecule has 0 amide bonds. The van der Waals surface area contributed by atoms with E-state index in [2.05, 4.69) is 30.5 Å². The summed E-state index contributed by atoms with van der Waals surface area (Å²) in [6.45, 7) is 4.00. The average Bonchev–Trinajstić information content (AvgIpc) is 2.74. The minimum atomic E-state index is -4.24. The van der Waals surface area contributed by atoms with E-state index >= 15 is 0 Å². The molecule has 1 saturated heterocycles. The van der Waals surface area contributed by atoms with E-state index in [1.807, 2.05) is 7.05 Å². The highest BCUT2D eigenvalue weighted by atomic mass is 79.9. The van der Waals surface area contributed by atoms with Gasteiger partial charge in [0.1, 0.15) is 15.5 Å². The van der Waals surface area contributed by atoms with E-state index in [4.69, 9.17) is 23.2 Å². The van der Waals surface area contributed by atoms with Gasteiger partial charge in [0.15, 0.2) is 15.6 Å². The fourth-order valence-corrected chi connectivity index (χ4v) is 7.49. The third kappa shape index (κ3) is 6.55. The second-order valence-electron chi connectivity index (χ2n) is 7.95. The van der Waals surface area contributed by atoms with Crippen LogP contribution in [0.1, 0.15) is 5.56 Å². The molecule has 0 aromatic heterocycles. The Bertz CT molecular complexity index is 1280. The van der Waals surface area contributed by atoms with E-state index < -0.39 is 46.9 Å². The van der Waals surface area contributed by atoms with E-state index in [9.17, 15) is 27.0 Å². The fraction of sp³-hybridized carbons (Fsp3) is 0.400. The molecule has 188 valence electrons. The van der Waals surface area contributed by atoms with Gasteiger partial charge in [-0.1, -0.05) is 39.1 Å². The number of likely N-dealkylation sites (N-methyl/N-ethyl adjacent to an activating group) is 1. The first kappa shape index (κ1) is 27.5. The third-order valence-electron chi connectivity index (χ3n) is 5.40. The van der Waals surface area contributed by atoms with Gasteiger partial charge in [0, 0.05) is 54.3 Å². The molecule has 9 nitrogen and oxygen atoms in total. The van der Waals surface area contributed by atoms with E-state index in [0.29, 0.717) is 11.0 Å². The van der Waals surface area contributed by atoms with E-state index in [0.717, 1.165) is 44.4 Å². The first-order valence-electron chi connectivity index (χ1n) is 10.1. The smallest absolute Gasteiger partial charge is 0.244 e. The van der Waals surface area contributed by atoms with Gasteiger partial charge in [-0.05, 0) is 31.3 Å². The summed E-state index contributed by atoms with van der Waals surface area (Å²) in [4.78, 5) is 3.30. The highest BCUT2D eigenvalue weighted by molar-refractivity contribution is 9.10. The van der Waals surface area contributed by atoms with Gasteiger partial charge in [-0.2, -0.15) is 0 Å². The number of hydrogen-bond donors (Lipinski definition) is 3. The fourth-order valence-electron chi connectivity index (χ4n) is 3.49. The van der Waals surface area contributed by atoms with Gasteiger partial charge in [0.05, 0.1) is 10.8 Å². The van der Waals surface area contributed by atoms with Gasteiger partial charge in [-0.25, -0.2) is 21.6 Å². The number of nitrogens with one attached hydrogen (secondary N) is 1. The van der Waals surface area contributed by atoms with Crippen LogP contribution in [0.15, 0.2) is 38.5 Å². The number of rotatable bonds is 8. The Labute approximate surface area is 217 Å². The number of sulfonamides is 1. The van der Waals surface area contributed by atoms with Gasteiger partial charge in [0.25, 0.3) is 0 Å². The number of benzene rings is 2. The number of piperazine rings is 1. The van der Waals surface area contributed by atoms with E-state index in [1.165, 1.54) is 6.07 Å². The first-order chi connectivity index (χ1) is 15.8. The van der Waals surface area contributed by atoms with Gasteiger partial charge in [-0.3, -0.25) is 4.90 Å². The Hall–Kier alpha value is -1.12. The summed E-state index contributed by atoms with van der Waals surface area (Å²) in [7, 11) is -6.40. The van der Waals surface area contributed by atoms with Crippen molar-refractivity contribution >= 4 is 59.0 Å². The molecular formula is C20H24BrCl2N3O6S2. The zero-order valence-electron chi connectivity index (χ0n) is 18.1. The zero-order chi connectivity index (χ0) is 25.3. The normalized spacial score (nSPS) is 16.1. The van der Waals surface area contributed by atoms with Crippen LogP contribution >= 0.6 is 39.1 Å². The summed E-state index contributed by atoms with van der Waals surface area (Å²) in [5, 5.41) is 20.5. The monoisotopic (exact) mass is 615 g/mol. The molecule has 1 aliphatic rings. The van der Waals surface area contributed by atoms with Crippen molar-refractivity contribution in [1.82, 2.24) is 14.5 Å². The van der Waals surface area contributed by atoms with Crippen LogP contribution in [-0.4, -0.2) is 83.2 Å². The van der Waals surface area contributed by atoms with E-state index in [-0.39, 0.29) is 22.2 Å². The van der Waals surface area contributed by atoms with Crippen molar-refractivity contribution in [3.05, 3.63) is 44.3 Å². The summed E-state index contributed by atoms with van der Waals surface area (Å²) in [5.74, 6) is -2.20. The van der Waals surface area contributed by atoms with Crippen LogP contribution < -0.4 is 4.72 Å². The van der Waals surface area contributed by atoms with Crippen molar-refractivity contribution in [2.75, 3.05) is 46.3 Å². The third-order valence-corrected chi connectivity index (χ3v) is 9.51. The average molecular weight is 617 g/mol. The SMILES string of the molecule is CN1CCN(CCNS(=O)(=O)c2cc(Cl)cc(CS(=O)(=O)c3cc(Br)cc(Cl)c3O)c2O)CC1. The number of aromatic hydroxyl groups is 2. The maximum atomic E-state index is 13.0. The molecule has 3 rings (SSSR count). The van der Waals surface area contributed by atoms with E-state index in [1.54, 1.807) is 0 Å². The highest BCUT2D eigenvalue weighted by Crippen LogP contribution is 2.38. The van der Waals surface area contributed by atoms with Gasteiger partial charge in [0.2, 0.25) is 10.0 Å². The summed E-state index contributed by atoms with van der Waals surface area (Å²) < 4.78 is 54.4. The van der Waals surface area contributed by atoms with Gasteiger partial charge >= 0.3 is 0 Å². The van der Waals surface area contributed by atoms with Crippen molar-refractivity contribution in [2.24, 2.45) is 0 Å². The zero-order valence-corrected chi connectivity index (χ0v) is 22.9. The van der Waals surface area contributed by atoms with Crippen LogP contribution in [0.25, 0.3) is 0 Å². The maximum Gasteiger partial charge on any atom is 0.244 e. The molecule has 0 atom stereocenters. The number of nitrogens with zero attached hydrogens (tertiary/aromatic N) is 2. The molecule has 0 spiro atoms. The molecule has 1 fully saturated rings. The molecule has 1 aliphatic heterocycles. The maximum absolute atomic E-state index is 13.0. The van der Waals surface area contributed by atoms with Gasteiger partial charge < -0.3 is 15.1 Å². The van der Waals surface area contributed by atoms with Gasteiger partial charge in [-0.15, -0.1) is 0 Å². The lowest BCUT2D eigenvalue weighted by Gasteiger charge is -2.32. The number of phenolic OH excluding ortho intramolecular Hbond substituents is 2. The van der Waals surface area contributed by atoms with Crippen LogP contribution in [0.2, 0.25) is 10.0 Å². The lowest BCUT2D eigenvalue weighted by Crippen LogP contribution is -2.46. The quantitative estimate of drug-likeness (QED) is 0.413. The molecule has 1 heterocycles. The standard InChI is InChI=1S/C20H24BrCl2N3O6S2/c1-25-4-6-26(7-5-25)3-2-24-34(31,32)18-11-15(22)8-13(19(18)27)12-33(29,30)17-10-14(21)9-16(23)20(17)28/h8-11,24,27-28H,2-7,12H2,1H3. The lowest BCUT2D eigenvalue weighted by molar-refractivity contribution is 0.156. The predicted molar refractivity (Wildman–Crippen MR) is 134 cm³/mol. The van der Waals surface area contributed by atoms with Crippen molar-refractivity contribution < 1.29 is 27.0 Å². The van der Waals surface area contributed by atoms with Crippen LogP contribution in [0.5, 0.6) is 11.5 Å². The summed E-state index contributed by atoms with van der Waals surface area (Å²) in [6.07, 6.45) is 0. The lowest BCUT2D eigenvalue weighted by atomic mass is 10.2. The van der Waals surface area contributed by atoms with Crippen molar-refractivity contribution in [3.8, 4) is 11.5 Å². The second-order valence-corrected chi connectivity index (χ2v) is 13.4. The molecular weight excluding hydrogens is 593 g/mol. The Morgan fingerprint density at radius 2 is 1.62 bits per heavy atom. The Morgan fingerprint density at radius 1 is 0.971 bits per heavy atom. The number of phenols is 2. The summed E-state index contributed by atoms with van der Waals surface area (Å²) in [6, 6.07) is 4.70. The summed E-state index contributed by atoms with van der Waals surface area (Å²) >= 11 is 15.1. The molecule has 2 aromatic carbocycles. The molecule has 0 unspecified atom stereocenters. The Morgan fingerprint density at radius 3 is 2.26 bits per heavy atom. The first-order valence-corrected chi connectivity index (χ1v) is 14.8. The van der Waals surface area contributed by atoms with Crippen molar-refractivity contribution in [2.45, 2.75) is 15.5 Å². The van der Waals surface area contributed by atoms with Crippen molar-refractivity contribution in [1.29, 1.82) is 0 Å². The highest BCUT2D eigenvalue weighted by Gasteiger charge is 2.28. The Kier molecular flexibility index (Phi) is 8.78. The topological polar surface area (TPSA) is 127 Å². The minimum absolute atomic E-state index is 0.0704. The molecule has 14 heteroatoms. The van der Waals surface area contributed by atoms with Crippen LogP contribution in [-0.2, 0) is 25.6 Å². The molecule has 2 aromatic rings. The molecule has 3 N–H and O–H groups in total. The molecule has 0 aliphatic carbocycles. The molecule has 0 bridgehead atoms. The molecule has 0 radical (unpaired) electrons. The second kappa shape index (κ2) is 10.9. The largest absolute Gasteiger partial charge is 0.506 e. The van der Waals surface area contributed by atoms with Crippen LogP contribution in [0.4, 0.5) is 0 Å². The molecule has 0 saturated carbocycles. The number of sulfone groups is 1. The number of hydrogen-bond acceptors (Lipinski definition) is 8. The predicted octanol–water partition coefficient (Wildman–Crippen LogP) is 2.67. The summed E-state index contributed by atoms with van der Waals surface area (Å²) in [5.41, 5.74) is -0.234. The number of halogens is 3. The van der Waals surface area contributed by atoms with Crippen LogP contribution in [0.3, 0.4) is 0 Å². The minimum Gasteiger partial charge on any atom is -0.506 e. The van der Waals surface area contributed by atoms with Crippen LogP contribution in [0, 0.1) is 0 Å². The molecule has 34 heavy (non-hydrogen) atoms.